The maximum atomic E-state index is 12.1. The highest BCUT2D eigenvalue weighted by Crippen LogP contribution is 2.19. The average Bonchev–Trinajstić information content (AvgIpc) is 2.37. The van der Waals surface area contributed by atoms with Crippen molar-refractivity contribution < 1.29 is 9.47 Å². The maximum absolute atomic E-state index is 12.1. The normalized spacial score (nSPS) is 10.7. The van der Waals surface area contributed by atoms with E-state index in [2.05, 4.69) is 4.98 Å². The minimum atomic E-state index is -0.0778. The highest BCUT2D eigenvalue weighted by Gasteiger charge is 2.07. The quantitative estimate of drug-likeness (QED) is 0.793. The first-order valence-corrected chi connectivity index (χ1v) is 5.29. The Bertz CT molecular complexity index is 577. The zero-order chi connectivity index (χ0) is 12.3. The lowest BCUT2D eigenvalue weighted by atomic mass is 10.2. The summed E-state index contributed by atoms with van der Waals surface area (Å²) in [7, 11) is 3.16. The van der Waals surface area contributed by atoms with Crippen LogP contribution < -0.4 is 10.3 Å². The van der Waals surface area contributed by atoms with E-state index in [1.54, 1.807) is 32.4 Å². The van der Waals surface area contributed by atoms with Gasteiger partial charge in [0, 0.05) is 7.11 Å². The Labute approximate surface area is 98.6 Å². The lowest BCUT2D eigenvalue weighted by molar-refractivity contribution is 0.186. The molecule has 5 heteroatoms. The molecule has 2 rings (SSSR count). The molecule has 0 unspecified atom stereocenters. The molecule has 5 nitrogen and oxygen atoms in total. The van der Waals surface area contributed by atoms with Gasteiger partial charge in [0.2, 0.25) is 0 Å². The predicted octanol–water partition coefficient (Wildman–Crippen LogP) is 1.05. The molecule has 0 radical (unpaired) electrons. The summed E-state index contributed by atoms with van der Waals surface area (Å²) in [6.07, 6.45) is 1.52. The Hall–Kier alpha value is -1.88. The van der Waals surface area contributed by atoms with Crippen LogP contribution in [-0.4, -0.2) is 30.4 Å². The lowest BCUT2D eigenvalue weighted by Gasteiger charge is -2.07. The fraction of sp³-hybridized carbons (Fsp3) is 0.333. The first-order chi connectivity index (χ1) is 8.27. The van der Waals surface area contributed by atoms with Crippen LogP contribution in [0.15, 0.2) is 29.3 Å². The molecule has 2 aromatic rings. The molecule has 0 N–H and O–H groups in total. The first-order valence-electron chi connectivity index (χ1n) is 5.29. The van der Waals surface area contributed by atoms with Crippen LogP contribution in [0.25, 0.3) is 10.9 Å². The molecule has 1 aromatic carbocycles. The maximum Gasteiger partial charge on any atom is 0.261 e. The minimum Gasteiger partial charge on any atom is -0.494 e. The van der Waals surface area contributed by atoms with Gasteiger partial charge in [-0.05, 0) is 12.1 Å². The molecule has 0 fully saturated rings. The number of nitrogens with zero attached hydrogens (tertiary/aromatic N) is 2. The molecule has 0 spiro atoms. The van der Waals surface area contributed by atoms with E-state index in [9.17, 15) is 4.79 Å². The van der Waals surface area contributed by atoms with E-state index < -0.39 is 0 Å². The van der Waals surface area contributed by atoms with Crippen molar-refractivity contribution in [3.05, 3.63) is 34.9 Å². The SMILES string of the molecule is COCCn1cnc2c(OC)cccc2c1=O. The molecular formula is C12H14N2O3. The van der Waals surface area contributed by atoms with E-state index in [0.717, 1.165) is 0 Å². The van der Waals surface area contributed by atoms with E-state index in [1.165, 1.54) is 10.9 Å². The van der Waals surface area contributed by atoms with Gasteiger partial charge in [-0.1, -0.05) is 6.07 Å². The van der Waals surface area contributed by atoms with Crippen molar-refractivity contribution in [3.63, 3.8) is 0 Å². The van der Waals surface area contributed by atoms with Crippen LogP contribution in [0.4, 0.5) is 0 Å². The van der Waals surface area contributed by atoms with Gasteiger partial charge >= 0.3 is 0 Å². The smallest absolute Gasteiger partial charge is 0.261 e. The van der Waals surface area contributed by atoms with Gasteiger partial charge in [0.1, 0.15) is 11.3 Å². The second kappa shape index (κ2) is 4.97. The zero-order valence-electron chi connectivity index (χ0n) is 9.84. The molecule has 90 valence electrons. The third-order valence-corrected chi connectivity index (χ3v) is 2.57. The van der Waals surface area contributed by atoms with E-state index in [4.69, 9.17) is 9.47 Å². The van der Waals surface area contributed by atoms with E-state index in [0.29, 0.717) is 29.8 Å². The Morgan fingerprint density at radius 2 is 2.18 bits per heavy atom. The summed E-state index contributed by atoms with van der Waals surface area (Å²) < 4.78 is 11.6. The van der Waals surface area contributed by atoms with Crippen molar-refractivity contribution in [1.29, 1.82) is 0 Å². The van der Waals surface area contributed by atoms with Crippen molar-refractivity contribution in [1.82, 2.24) is 9.55 Å². The molecule has 17 heavy (non-hydrogen) atoms. The van der Waals surface area contributed by atoms with Gasteiger partial charge < -0.3 is 9.47 Å². The molecule has 0 saturated heterocycles. The van der Waals surface area contributed by atoms with Crippen LogP contribution in [0, 0.1) is 0 Å². The number of hydrogen-bond acceptors (Lipinski definition) is 4. The van der Waals surface area contributed by atoms with Crippen LogP contribution in [0.3, 0.4) is 0 Å². The summed E-state index contributed by atoms with van der Waals surface area (Å²) in [4.78, 5) is 16.4. The van der Waals surface area contributed by atoms with Crippen molar-refractivity contribution in [2.24, 2.45) is 0 Å². The molecule has 0 bridgehead atoms. The number of rotatable bonds is 4. The second-order valence-corrected chi connectivity index (χ2v) is 3.59. The molecule has 0 aliphatic rings. The molecule has 0 aliphatic heterocycles. The van der Waals surface area contributed by atoms with Crippen LogP contribution >= 0.6 is 0 Å². The fourth-order valence-electron chi connectivity index (χ4n) is 1.68. The highest BCUT2D eigenvalue weighted by atomic mass is 16.5. The van der Waals surface area contributed by atoms with E-state index in [-0.39, 0.29) is 5.56 Å². The second-order valence-electron chi connectivity index (χ2n) is 3.59. The van der Waals surface area contributed by atoms with Crippen LogP contribution in [0.5, 0.6) is 5.75 Å². The number of benzene rings is 1. The van der Waals surface area contributed by atoms with Gasteiger partial charge in [0.15, 0.2) is 0 Å². The number of fused-ring (bicyclic) bond motifs is 1. The molecule has 0 atom stereocenters. The number of hydrogen-bond donors (Lipinski definition) is 0. The van der Waals surface area contributed by atoms with E-state index >= 15 is 0 Å². The van der Waals surface area contributed by atoms with Gasteiger partial charge in [0.25, 0.3) is 5.56 Å². The Morgan fingerprint density at radius 3 is 2.88 bits per heavy atom. The lowest BCUT2D eigenvalue weighted by Crippen LogP contribution is -2.22. The van der Waals surface area contributed by atoms with Crippen molar-refractivity contribution in [2.75, 3.05) is 20.8 Å². The van der Waals surface area contributed by atoms with Crippen LogP contribution in [0.2, 0.25) is 0 Å². The molecule has 0 aliphatic carbocycles. The molecular weight excluding hydrogens is 220 g/mol. The summed E-state index contributed by atoms with van der Waals surface area (Å²) in [6.45, 7) is 0.979. The average molecular weight is 234 g/mol. The van der Waals surface area contributed by atoms with Gasteiger partial charge in [-0.2, -0.15) is 0 Å². The first kappa shape index (κ1) is 11.6. The minimum absolute atomic E-state index is 0.0778. The van der Waals surface area contributed by atoms with Crippen molar-refractivity contribution in [2.45, 2.75) is 6.54 Å². The van der Waals surface area contributed by atoms with Gasteiger partial charge in [-0.15, -0.1) is 0 Å². The summed E-state index contributed by atoms with van der Waals surface area (Å²) in [5.41, 5.74) is 0.514. The Morgan fingerprint density at radius 1 is 1.35 bits per heavy atom. The number of para-hydroxylation sites is 1. The molecule has 0 amide bonds. The van der Waals surface area contributed by atoms with E-state index in [1.807, 2.05) is 0 Å². The number of aromatic nitrogens is 2. The van der Waals surface area contributed by atoms with Gasteiger partial charge in [0.05, 0.1) is 32.0 Å². The van der Waals surface area contributed by atoms with Crippen LogP contribution in [-0.2, 0) is 11.3 Å². The predicted molar refractivity (Wildman–Crippen MR) is 64.4 cm³/mol. The fourth-order valence-corrected chi connectivity index (χ4v) is 1.68. The van der Waals surface area contributed by atoms with Gasteiger partial charge in [-0.3, -0.25) is 9.36 Å². The zero-order valence-corrected chi connectivity index (χ0v) is 9.84. The monoisotopic (exact) mass is 234 g/mol. The van der Waals surface area contributed by atoms with Crippen molar-refractivity contribution >= 4 is 10.9 Å². The molecule has 1 aromatic heterocycles. The standard InChI is InChI=1S/C12H14N2O3/c1-16-7-6-14-8-13-11-9(12(14)15)4-3-5-10(11)17-2/h3-5,8H,6-7H2,1-2H3. The summed E-state index contributed by atoms with van der Waals surface area (Å²) in [5.74, 6) is 0.610. The Balaban J connectivity index is 2.56. The number of methoxy groups -OCH3 is 2. The molecule has 1 heterocycles. The topological polar surface area (TPSA) is 53.4 Å². The number of ether oxygens (including phenoxy) is 2. The third kappa shape index (κ3) is 2.14. The highest BCUT2D eigenvalue weighted by molar-refractivity contribution is 5.83. The largest absolute Gasteiger partial charge is 0.494 e. The third-order valence-electron chi connectivity index (χ3n) is 2.57. The van der Waals surface area contributed by atoms with Gasteiger partial charge in [-0.25, -0.2) is 4.98 Å². The van der Waals surface area contributed by atoms with Crippen LogP contribution in [0.1, 0.15) is 0 Å². The summed E-state index contributed by atoms with van der Waals surface area (Å²) >= 11 is 0. The molecule has 0 saturated carbocycles. The summed E-state index contributed by atoms with van der Waals surface area (Å²) in [5, 5.41) is 0.558. The van der Waals surface area contributed by atoms with Crippen molar-refractivity contribution in [3.8, 4) is 5.75 Å². The Kier molecular flexibility index (Phi) is 3.39. The summed E-state index contributed by atoms with van der Waals surface area (Å²) in [6, 6.07) is 5.32.